The van der Waals surface area contributed by atoms with Crippen molar-refractivity contribution in [1.82, 2.24) is 0 Å². The molecule has 0 unspecified atom stereocenters. The summed E-state index contributed by atoms with van der Waals surface area (Å²) in [6, 6.07) is 20.9. The van der Waals surface area contributed by atoms with E-state index in [1.54, 1.807) is 0 Å². The minimum absolute atomic E-state index is 0.717. The minimum Gasteiger partial charge on any atom is -0.377 e. The van der Waals surface area contributed by atoms with Crippen molar-refractivity contribution in [1.29, 1.82) is 0 Å². The predicted octanol–water partition coefficient (Wildman–Crippen LogP) is 4.78. The van der Waals surface area contributed by atoms with Crippen molar-refractivity contribution in [3.8, 4) is 0 Å². The largest absolute Gasteiger partial charge is 0.377 e. The average molecular weight is 266 g/mol. The molecule has 0 atom stereocenters. The molecule has 0 N–H and O–H groups in total. The van der Waals surface area contributed by atoms with Gasteiger partial charge < -0.3 is 4.74 Å². The third-order valence-corrected chi connectivity index (χ3v) is 3.13. The van der Waals surface area contributed by atoms with Crippen LogP contribution in [0.5, 0.6) is 0 Å². The Morgan fingerprint density at radius 2 is 1.40 bits per heavy atom. The summed E-state index contributed by atoms with van der Waals surface area (Å²) >= 11 is 0. The Morgan fingerprint density at radius 3 is 2.10 bits per heavy atom. The van der Waals surface area contributed by atoms with Gasteiger partial charge in [0, 0.05) is 6.61 Å². The molecule has 0 aliphatic rings. The summed E-state index contributed by atoms with van der Waals surface area (Å²) in [5.41, 5.74) is 2.61. The summed E-state index contributed by atoms with van der Waals surface area (Å²) in [4.78, 5) is 0. The first-order valence-electron chi connectivity index (χ1n) is 7.26. The van der Waals surface area contributed by atoms with Crippen molar-refractivity contribution in [2.75, 3.05) is 6.61 Å². The van der Waals surface area contributed by atoms with Gasteiger partial charge in [0.05, 0.1) is 6.61 Å². The van der Waals surface area contributed by atoms with Crippen molar-refractivity contribution < 1.29 is 4.74 Å². The van der Waals surface area contributed by atoms with E-state index in [0.29, 0.717) is 6.61 Å². The Bertz CT molecular complexity index is 488. The Morgan fingerprint density at radius 1 is 0.750 bits per heavy atom. The molecule has 0 aliphatic heterocycles. The number of benzene rings is 2. The van der Waals surface area contributed by atoms with Crippen LogP contribution in [0, 0.1) is 0 Å². The highest BCUT2D eigenvalue weighted by atomic mass is 16.5. The van der Waals surface area contributed by atoms with Crippen LogP contribution in [0.25, 0.3) is 0 Å². The van der Waals surface area contributed by atoms with Crippen LogP contribution in [-0.4, -0.2) is 6.61 Å². The molecule has 0 saturated heterocycles. The van der Waals surface area contributed by atoms with Gasteiger partial charge in [0.25, 0.3) is 0 Å². The predicted molar refractivity (Wildman–Crippen MR) is 84.6 cm³/mol. The second kappa shape index (κ2) is 9.11. The third-order valence-electron chi connectivity index (χ3n) is 3.13. The van der Waals surface area contributed by atoms with E-state index in [2.05, 4.69) is 54.6 Å². The monoisotopic (exact) mass is 266 g/mol. The molecule has 0 spiro atoms. The van der Waals surface area contributed by atoms with Gasteiger partial charge in [-0.25, -0.2) is 0 Å². The van der Waals surface area contributed by atoms with E-state index in [4.69, 9.17) is 4.74 Å². The molecule has 2 aromatic carbocycles. The highest BCUT2D eigenvalue weighted by Crippen LogP contribution is 2.03. The van der Waals surface area contributed by atoms with E-state index in [9.17, 15) is 0 Å². The number of ether oxygens (including phenoxy) is 1. The fourth-order valence-electron chi connectivity index (χ4n) is 2.02. The molecule has 0 fully saturated rings. The molecule has 0 aliphatic carbocycles. The summed E-state index contributed by atoms with van der Waals surface area (Å²) in [5, 5.41) is 0. The molecule has 2 aromatic rings. The maximum absolute atomic E-state index is 5.65. The zero-order chi connectivity index (χ0) is 13.9. The highest BCUT2D eigenvalue weighted by molar-refractivity contribution is 5.17. The van der Waals surface area contributed by atoms with Crippen LogP contribution < -0.4 is 0 Å². The lowest BCUT2D eigenvalue weighted by Gasteiger charge is -2.02. The van der Waals surface area contributed by atoms with Gasteiger partial charge in [-0.2, -0.15) is 0 Å². The molecule has 0 heterocycles. The Labute approximate surface area is 121 Å². The number of hydrogen-bond donors (Lipinski definition) is 0. The molecular formula is C19H22O. The lowest BCUT2D eigenvalue weighted by Crippen LogP contribution is -1.94. The molecule has 1 heteroatoms. The van der Waals surface area contributed by atoms with Gasteiger partial charge in [-0.1, -0.05) is 72.8 Å². The van der Waals surface area contributed by atoms with Crippen LogP contribution in [-0.2, 0) is 17.8 Å². The van der Waals surface area contributed by atoms with Crippen LogP contribution in [0.1, 0.15) is 24.0 Å². The number of rotatable bonds is 8. The lowest BCUT2D eigenvalue weighted by atomic mass is 10.1. The minimum atomic E-state index is 0.717. The van der Waals surface area contributed by atoms with E-state index < -0.39 is 0 Å². The van der Waals surface area contributed by atoms with Crippen molar-refractivity contribution in [2.45, 2.75) is 25.9 Å². The van der Waals surface area contributed by atoms with Gasteiger partial charge in [0.15, 0.2) is 0 Å². The maximum atomic E-state index is 5.65. The van der Waals surface area contributed by atoms with Gasteiger partial charge >= 0.3 is 0 Å². The zero-order valence-electron chi connectivity index (χ0n) is 11.9. The van der Waals surface area contributed by atoms with Gasteiger partial charge in [-0.15, -0.1) is 0 Å². The lowest BCUT2D eigenvalue weighted by molar-refractivity contribution is 0.119. The Balaban J connectivity index is 1.51. The summed E-state index contributed by atoms with van der Waals surface area (Å²) in [6.07, 6.45) is 7.68. The van der Waals surface area contributed by atoms with Gasteiger partial charge in [0.2, 0.25) is 0 Å². The standard InChI is InChI=1S/C19H22O/c1(5-11-18-12-6-3-7-13-18)2-10-16-20-17-19-14-8-4-9-15-19/h1,3-9,12-15H,2,10-11,16-17H2/b5-1+. The molecule has 0 amide bonds. The normalized spacial score (nSPS) is 11.0. The van der Waals surface area contributed by atoms with Crippen LogP contribution in [0.15, 0.2) is 72.8 Å². The molecule has 0 saturated carbocycles. The highest BCUT2D eigenvalue weighted by Gasteiger charge is 1.91. The zero-order valence-corrected chi connectivity index (χ0v) is 11.9. The average Bonchev–Trinajstić information content (AvgIpc) is 2.52. The first kappa shape index (κ1) is 14.5. The summed E-state index contributed by atoms with van der Waals surface area (Å²) in [5.74, 6) is 0. The van der Waals surface area contributed by atoms with E-state index >= 15 is 0 Å². The van der Waals surface area contributed by atoms with Crippen molar-refractivity contribution in [2.24, 2.45) is 0 Å². The number of allylic oxidation sites excluding steroid dienone is 2. The fourth-order valence-corrected chi connectivity index (χ4v) is 2.02. The summed E-state index contributed by atoms with van der Waals surface area (Å²) < 4.78 is 5.65. The van der Waals surface area contributed by atoms with Crippen molar-refractivity contribution in [3.63, 3.8) is 0 Å². The molecule has 0 aromatic heterocycles. The smallest absolute Gasteiger partial charge is 0.0716 e. The molecule has 20 heavy (non-hydrogen) atoms. The molecule has 104 valence electrons. The molecular weight excluding hydrogens is 244 g/mol. The van der Waals surface area contributed by atoms with Crippen molar-refractivity contribution >= 4 is 0 Å². The molecule has 0 radical (unpaired) electrons. The second-order valence-corrected chi connectivity index (χ2v) is 4.84. The Hall–Kier alpha value is -1.86. The quantitative estimate of drug-likeness (QED) is 0.493. The van der Waals surface area contributed by atoms with E-state index in [1.807, 2.05) is 18.2 Å². The van der Waals surface area contributed by atoms with Gasteiger partial charge in [-0.05, 0) is 30.4 Å². The van der Waals surface area contributed by atoms with Gasteiger partial charge in [-0.3, -0.25) is 0 Å². The van der Waals surface area contributed by atoms with E-state index in [1.165, 1.54) is 11.1 Å². The van der Waals surface area contributed by atoms with E-state index in [-0.39, 0.29) is 0 Å². The third kappa shape index (κ3) is 5.85. The SMILES string of the molecule is C(=C\Cc1ccccc1)/CCCOCc1ccccc1. The van der Waals surface area contributed by atoms with Crippen molar-refractivity contribution in [3.05, 3.63) is 83.9 Å². The van der Waals surface area contributed by atoms with Crippen LogP contribution in [0.4, 0.5) is 0 Å². The first-order valence-corrected chi connectivity index (χ1v) is 7.26. The van der Waals surface area contributed by atoms with Crippen LogP contribution in [0.3, 0.4) is 0 Å². The fraction of sp³-hybridized carbons (Fsp3) is 0.263. The maximum Gasteiger partial charge on any atom is 0.0716 e. The molecule has 2 rings (SSSR count). The molecule has 0 bridgehead atoms. The van der Waals surface area contributed by atoms with E-state index in [0.717, 1.165) is 25.9 Å². The summed E-state index contributed by atoms with van der Waals surface area (Å²) in [7, 11) is 0. The number of hydrogen-bond acceptors (Lipinski definition) is 1. The summed E-state index contributed by atoms with van der Waals surface area (Å²) in [6.45, 7) is 1.54. The van der Waals surface area contributed by atoms with Gasteiger partial charge in [0.1, 0.15) is 0 Å². The van der Waals surface area contributed by atoms with Crippen LogP contribution >= 0.6 is 0 Å². The topological polar surface area (TPSA) is 9.23 Å². The van der Waals surface area contributed by atoms with Crippen LogP contribution in [0.2, 0.25) is 0 Å². The molecule has 1 nitrogen and oxygen atoms in total. The Kier molecular flexibility index (Phi) is 6.63. The number of unbranched alkanes of at least 4 members (excludes halogenated alkanes) is 1. The first-order chi connectivity index (χ1) is 9.95. The second-order valence-electron chi connectivity index (χ2n) is 4.84.